The normalized spacial score (nSPS) is 19.0. The third-order valence-electron chi connectivity index (χ3n) is 2.89. The zero-order valence-corrected chi connectivity index (χ0v) is 8.82. The Labute approximate surface area is 94.8 Å². The van der Waals surface area contributed by atoms with Crippen LogP contribution in [-0.4, -0.2) is 9.97 Å². The fourth-order valence-electron chi connectivity index (χ4n) is 2.01. The highest BCUT2D eigenvalue weighted by atomic mass is 14.8. The second-order valence-corrected chi connectivity index (χ2v) is 3.96. The van der Waals surface area contributed by atoms with Gasteiger partial charge in [0.2, 0.25) is 0 Å². The lowest BCUT2D eigenvalue weighted by molar-refractivity contribution is 0.910. The monoisotopic (exact) mass is 208 g/mol. The molecular formula is C14H12N2. The topological polar surface area (TPSA) is 25.8 Å². The van der Waals surface area contributed by atoms with E-state index in [2.05, 4.69) is 64.6 Å². The maximum absolute atomic E-state index is 4.33. The summed E-state index contributed by atoms with van der Waals surface area (Å²) in [6.07, 6.45) is 18.5. The van der Waals surface area contributed by atoms with Gasteiger partial charge in [-0.1, -0.05) is 48.6 Å². The molecule has 0 spiro atoms. The molecule has 0 amide bonds. The Morgan fingerprint density at radius 3 is 1.56 bits per heavy atom. The highest BCUT2D eigenvalue weighted by Gasteiger charge is 2.13. The van der Waals surface area contributed by atoms with Gasteiger partial charge in [0, 0.05) is 11.8 Å². The van der Waals surface area contributed by atoms with Gasteiger partial charge in [0.05, 0.1) is 11.4 Å². The molecule has 16 heavy (non-hydrogen) atoms. The summed E-state index contributed by atoms with van der Waals surface area (Å²) in [5, 5.41) is 0. The molecule has 0 N–H and O–H groups in total. The van der Waals surface area contributed by atoms with Crippen molar-refractivity contribution in [2.45, 2.75) is 11.8 Å². The molecule has 0 saturated carbocycles. The van der Waals surface area contributed by atoms with E-state index in [-0.39, 0.29) is 0 Å². The molecular weight excluding hydrogens is 196 g/mol. The van der Waals surface area contributed by atoms with Crippen molar-refractivity contribution >= 4 is 0 Å². The Morgan fingerprint density at radius 2 is 1.12 bits per heavy atom. The van der Waals surface area contributed by atoms with Crippen LogP contribution in [0, 0.1) is 0 Å². The fourth-order valence-corrected chi connectivity index (χ4v) is 2.01. The molecule has 78 valence electrons. The molecule has 1 aromatic heterocycles. The first kappa shape index (κ1) is 9.28. The Balaban J connectivity index is 1.93. The van der Waals surface area contributed by atoms with Crippen molar-refractivity contribution in [2.75, 3.05) is 0 Å². The van der Waals surface area contributed by atoms with Crippen LogP contribution < -0.4 is 0 Å². The molecule has 0 aliphatic heterocycles. The van der Waals surface area contributed by atoms with E-state index < -0.39 is 0 Å². The first-order chi connectivity index (χ1) is 7.93. The standard InChI is InChI=1S/C14H12N2/c1-2-6-11(5-1)13-9-14(16-10-15-13)12-7-3-4-8-12/h1-12H. The summed E-state index contributed by atoms with van der Waals surface area (Å²) in [6.45, 7) is 0. The summed E-state index contributed by atoms with van der Waals surface area (Å²) in [4.78, 5) is 8.66. The van der Waals surface area contributed by atoms with Crippen molar-refractivity contribution in [3.05, 3.63) is 72.4 Å². The van der Waals surface area contributed by atoms with Crippen LogP contribution in [0.2, 0.25) is 0 Å². The Hall–Kier alpha value is -1.96. The van der Waals surface area contributed by atoms with Crippen molar-refractivity contribution in [3.63, 3.8) is 0 Å². The smallest absolute Gasteiger partial charge is 0.116 e. The molecule has 0 saturated heterocycles. The first-order valence-electron chi connectivity index (χ1n) is 5.45. The maximum atomic E-state index is 4.33. The van der Waals surface area contributed by atoms with Crippen LogP contribution >= 0.6 is 0 Å². The number of aromatic nitrogens is 2. The lowest BCUT2D eigenvalue weighted by Crippen LogP contribution is -2.00. The number of allylic oxidation sites excluding steroid dienone is 8. The van der Waals surface area contributed by atoms with Gasteiger partial charge in [0.1, 0.15) is 6.33 Å². The van der Waals surface area contributed by atoms with Crippen molar-refractivity contribution in [1.82, 2.24) is 9.97 Å². The van der Waals surface area contributed by atoms with Crippen LogP contribution in [0.3, 0.4) is 0 Å². The van der Waals surface area contributed by atoms with Gasteiger partial charge in [0.25, 0.3) is 0 Å². The van der Waals surface area contributed by atoms with Gasteiger partial charge in [-0.15, -0.1) is 0 Å². The van der Waals surface area contributed by atoms with E-state index in [0.29, 0.717) is 11.8 Å². The van der Waals surface area contributed by atoms with Gasteiger partial charge in [-0.3, -0.25) is 0 Å². The summed E-state index contributed by atoms with van der Waals surface area (Å²) in [5.74, 6) is 0.632. The average Bonchev–Trinajstić information content (AvgIpc) is 3.03. The third-order valence-corrected chi connectivity index (χ3v) is 2.89. The molecule has 2 heteroatoms. The lowest BCUT2D eigenvalue weighted by Gasteiger charge is -2.08. The predicted molar refractivity (Wildman–Crippen MR) is 64.1 cm³/mol. The maximum Gasteiger partial charge on any atom is 0.116 e. The number of hydrogen-bond acceptors (Lipinski definition) is 2. The van der Waals surface area contributed by atoms with E-state index >= 15 is 0 Å². The molecule has 3 rings (SSSR count). The molecule has 1 heterocycles. The minimum Gasteiger partial charge on any atom is -0.240 e. The molecule has 0 aromatic carbocycles. The van der Waals surface area contributed by atoms with Crippen LogP contribution in [0.5, 0.6) is 0 Å². The molecule has 1 aromatic rings. The molecule has 2 aliphatic carbocycles. The van der Waals surface area contributed by atoms with Gasteiger partial charge in [-0.2, -0.15) is 0 Å². The van der Waals surface area contributed by atoms with E-state index in [1.165, 1.54) is 0 Å². The van der Waals surface area contributed by atoms with Crippen molar-refractivity contribution in [2.24, 2.45) is 0 Å². The minimum absolute atomic E-state index is 0.316. The summed E-state index contributed by atoms with van der Waals surface area (Å²) in [6, 6.07) is 2.09. The summed E-state index contributed by atoms with van der Waals surface area (Å²) >= 11 is 0. The van der Waals surface area contributed by atoms with E-state index in [1.807, 2.05) is 0 Å². The number of hydrogen-bond donors (Lipinski definition) is 0. The zero-order chi connectivity index (χ0) is 10.8. The summed E-state index contributed by atoms with van der Waals surface area (Å²) in [5.41, 5.74) is 2.15. The van der Waals surface area contributed by atoms with Crippen LogP contribution in [-0.2, 0) is 0 Å². The highest BCUT2D eigenvalue weighted by Crippen LogP contribution is 2.25. The van der Waals surface area contributed by atoms with Crippen LogP contribution in [0.4, 0.5) is 0 Å². The average molecular weight is 208 g/mol. The largest absolute Gasteiger partial charge is 0.240 e. The fraction of sp³-hybridized carbons (Fsp3) is 0.143. The second-order valence-electron chi connectivity index (χ2n) is 3.96. The van der Waals surface area contributed by atoms with Gasteiger partial charge >= 0.3 is 0 Å². The number of nitrogens with zero attached hydrogens (tertiary/aromatic N) is 2. The summed E-state index contributed by atoms with van der Waals surface area (Å²) < 4.78 is 0. The van der Waals surface area contributed by atoms with Crippen LogP contribution in [0.15, 0.2) is 61.0 Å². The molecule has 0 fully saturated rings. The Morgan fingerprint density at radius 1 is 0.688 bits per heavy atom. The quantitative estimate of drug-likeness (QED) is 0.746. The molecule has 0 unspecified atom stereocenters. The van der Waals surface area contributed by atoms with E-state index in [9.17, 15) is 0 Å². The predicted octanol–water partition coefficient (Wildman–Crippen LogP) is 2.90. The van der Waals surface area contributed by atoms with Gasteiger partial charge < -0.3 is 0 Å². The van der Waals surface area contributed by atoms with E-state index in [0.717, 1.165) is 11.4 Å². The Bertz CT molecular complexity index is 442. The first-order valence-corrected chi connectivity index (χ1v) is 5.45. The zero-order valence-electron chi connectivity index (χ0n) is 8.82. The second kappa shape index (κ2) is 3.89. The van der Waals surface area contributed by atoms with Crippen molar-refractivity contribution < 1.29 is 0 Å². The molecule has 0 atom stereocenters. The molecule has 0 bridgehead atoms. The van der Waals surface area contributed by atoms with E-state index in [1.54, 1.807) is 6.33 Å². The van der Waals surface area contributed by atoms with Gasteiger partial charge in [0.15, 0.2) is 0 Å². The highest BCUT2D eigenvalue weighted by molar-refractivity contribution is 5.35. The SMILES string of the molecule is C1=CC(c2cc(C3C=CC=C3)ncn2)C=C1. The molecule has 2 nitrogen and oxygen atoms in total. The van der Waals surface area contributed by atoms with Gasteiger partial charge in [-0.25, -0.2) is 9.97 Å². The summed E-state index contributed by atoms with van der Waals surface area (Å²) in [7, 11) is 0. The molecule has 2 aliphatic rings. The Kier molecular flexibility index (Phi) is 2.26. The van der Waals surface area contributed by atoms with E-state index in [4.69, 9.17) is 0 Å². The van der Waals surface area contributed by atoms with Crippen LogP contribution in [0.25, 0.3) is 0 Å². The van der Waals surface area contributed by atoms with Crippen molar-refractivity contribution in [3.8, 4) is 0 Å². The molecule has 0 radical (unpaired) electrons. The minimum atomic E-state index is 0.316. The lowest BCUT2D eigenvalue weighted by atomic mass is 10.0. The van der Waals surface area contributed by atoms with Crippen molar-refractivity contribution in [1.29, 1.82) is 0 Å². The third kappa shape index (κ3) is 1.63. The van der Waals surface area contributed by atoms with Crippen LogP contribution in [0.1, 0.15) is 23.2 Å². The number of rotatable bonds is 2. The van der Waals surface area contributed by atoms with Gasteiger partial charge in [-0.05, 0) is 6.07 Å².